The summed E-state index contributed by atoms with van der Waals surface area (Å²) in [5.41, 5.74) is -0.675. The zero-order valence-corrected chi connectivity index (χ0v) is 15.7. The molecule has 0 aromatic carbocycles. The summed E-state index contributed by atoms with van der Waals surface area (Å²) < 4.78 is 0. The average molecular weight is 350 g/mol. The lowest BCUT2D eigenvalue weighted by molar-refractivity contribution is -0.174. The van der Waals surface area contributed by atoms with Crippen molar-refractivity contribution in [3.63, 3.8) is 0 Å². The van der Waals surface area contributed by atoms with E-state index >= 15 is 0 Å². The Kier molecular flexibility index (Phi) is 4.05. The van der Waals surface area contributed by atoms with Crippen LogP contribution in [0, 0.1) is 40.4 Å². The fourth-order valence-corrected chi connectivity index (χ4v) is 7.95. The minimum absolute atomic E-state index is 0.0339. The number of hydrogen-bond acceptors (Lipinski definition) is 3. The lowest BCUT2D eigenvalue weighted by Gasteiger charge is -2.62. The number of carbonyl (C=O) groups is 1. The second kappa shape index (κ2) is 5.69. The molecule has 0 saturated heterocycles. The Hall–Kier alpha value is -0.610. The molecular weight excluding hydrogens is 316 g/mol. The molecule has 4 saturated carbocycles. The minimum atomic E-state index is -0.609. The summed E-state index contributed by atoms with van der Waals surface area (Å²) in [5.74, 6) is 1.20. The van der Waals surface area contributed by atoms with E-state index in [0.717, 1.165) is 57.8 Å². The predicted molar refractivity (Wildman–Crippen MR) is 94.9 cm³/mol. The molecular formula is C21H34O4. The summed E-state index contributed by atoms with van der Waals surface area (Å²) in [6, 6.07) is 0. The summed E-state index contributed by atoms with van der Waals surface area (Å²) in [6.45, 7) is 4.41. The second-order valence-electron chi connectivity index (χ2n) is 10.3. The standard InChI is InChI=1S/C21H34O4/c1-19(25)9-10-21(12-22)13(11-19)3-4-14-15-5-6-17(18(23)24)20(15,2)8-7-16(14)21/h13-17,22,25H,3-12H2,1-2H3,(H,23,24)/t13-,14?,15+,16+,17-,19-,20+,21-/m1/s1. The van der Waals surface area contributed by atoms with Gasteiger partial charge in [0.25, 0.3) is 0 Å². The SMILES string of the molecule is C[C@@]1(O)CC[C@@]2(CO)[C@H](CCC3[C@@H]4CC[C@H](C(=O)O)[C@@]4(C)CC[C@@H]32)C1. The first-order chi connectivity index (χ1) is 11.7. The maximum absolute atomic E-state index is 11.8. The van der Waals surface area contributed by atoms with Crippen molar-refractivity contribution >= 4 is 5.97 Å². The zero-order chi connectivity index (χ0) is 18.0. The van der Waals surface area contributed by atoms with Crippen LogP contribution in [0.4, 0.5) is 0 Å². The fraction of sp³-hybridized carbons (Fsp3) is 0.952. The smallest absolute Gasteiger partial charge is 0.307 e. The van der Waals surface area contributed by atoms with Gasteiger partial charge >= 0.3 is 5.97 Å². The highest BCUT2D eigenvalue weighted by Crippen LogP contribution is 2.67. The van der Waals surface area contributed by atoms with Gasteiger partial charge in [-0.1, -0.05) is 6.92 Å². The molecule has 4 aliphatic rings. The van der Waals surface area contributed by atoms with Crippen molar-refractivity contribution in [3.8, 4) is 0 Å². The summed E-state index contributed by atoms with van der Waals surface area (Å²) in [4.78, 5) is 11.8. The molecule has 0 aliphatic heterocycles. The number of fused-ring (bicyclic) bond motifs is 5. The van der Waals surface area contributed by atoms with E-state index in [1.54, 1.807) is 0 Å². The Morgan fingerprint density at radius 1 is 1.00 bits per heavy atom. The van der Waals surface area contributed by atoms with Crippen molar-refractivity contribution in [2.45, 2.75) is 77.2 Å². The highest BCUT2D eigenvalue weighted by Gasteiger charge is 2.63. The van der Waals surface area contributed by atoms with Crippen molar-refractivity contribution in [1.29, 1.82) is 0 Å². The maximum Gasteiger partial charge on any atom is 0.307 e. The van der Waals surface area contributed by atoms with Crippen molar-refractivity contribution < 1.29 is 20.1 Å². The van der Waals surface area contributed by atoms with Crippen LogP contribution in [0.15, 0.2) is 0 Å². The molecule has 0 aromatic heterocycles. The van der Waals surface area contributed by atoms with Gasteiger partial charge in [-0.2, -0.15) is 0 Å². The molecule has 0 aromatic rings. The van der Waals surface area contributed by atoms with Crippen molar-refractivity contribution in [2.75, 3.05) is 6.61 Å². The van der Waals surface area contributed by atoms with E-state index in [2.05, 4.69) is 6.92 Å². The molecule has 4 fully saturated rings. The van der Waals surface area contributed by atoms with Gasteiger partial charge in [0, 0.05) is 6.61 Å². The Morgan fingerprint density at radius 2 is 1.76 bits per heavy atom. The highest BCUT2D eigenvalue weighted by atomic mass is 16.4. The molecule has 1 unspecified atom stereocenters. The fourth-order valence-electron chi connectivity index (χ4n) is 7.95. The Balaban J connectivity index is 1.64. The number of hydrogen-bond donors (Lipinski definition) is 3. The van der Waals surface area contributed by atoms with Crippen LogP contribution >= 0.6 is 0 Å². The molecule has 4 aliphatic carbocycles. The van der Waals surface area contributed by atoms with Gasteiger partial charge in [-0.05, 0) is 99.2 Å². The Bertz CT molecular complexity index is 558. The molecule has 25 heavy (non-hydrogen) atoms. The van der Waals surface area contributed by atoms with E-state index in [9.17, 15) is 20.1 Å². The summed E-state index contributed by atoms with van der Waals surface area (Å²) in [6.07, 6.45) is 8.67. The minimum Gasteiger partial charge on any atom is -0.481 e. The Labute approximate surface area is 151 Å². The molecule has 4 nitrogen and oxygen atoms in total. The van der Waals surface area contributed by atoms with Gasteiger partial charge in [0.2, 0.25) is 0 Å². The lowest BCUT2D eigenvalue weighted by Crippen LogP contribution is -2.58. The van der Waals surface area contributed by atoms with E-state index in [1.807, 2.05) is 6.92 Å². The van der Waals surface area contributed by atoms with Gasteiger partial charge < -0.3 is 15.3 Å². The van der Waals surface area contributed by atoms with Crippen LogP contribution in [-0.2, 0) is 4.79 Å². The van der Waals surface area contributed by atoms with Gasteiger partial charge in [0.1, 0.15) is 0 Å². The zero-order valence-electron chi connectivity index (χ0n) is 15.7. The highest BCUT2D eigenvalue weighted by molar-refractivity contribution is 5.71. The van der Waals surface area contributed by atoms with Gasteiger partial charge in [-0.3, -0.25) is 4.79 Å². The van der Waals surface area contributed by atoms with Gasteiger partial charge in [0.05, 0.1) is 11.5 Å². The largest absolute Gasteiger partial charge is 0.481 e. The average Bonchev–Trinajstić information content (AvgIpc) is 2.91. The van der Waals surface area contributed by atoms with Crippen LogP contribution in [0.1, 0.15) is 71.6 Å². The molecule has 0 amide bonds. The van der Waals surface area contributed by atoms with Crippen LogP contribution in [0.2, 0.25) is 0 Å². The first kappa shape index (κ1) is 17.8. The molecule has 0 bridgehead atoms. The first-order valence-electron chi connectivity index (χ1n) is 10.3. The third-order valence-corrected chi connectivity index (χ3v) is 9.24. The Morgan fingerprint density at radius 3 is 2.44 bits per heavy atom. The van der Waals surface area contributed by atoms with E-state index in [4.69, 9.17) is 0 Å². The first-order valence-corrected chi connectivity index (χ1v) is 10.3. The summed E-state index contributed by atoms with van der Waals surface area (Å²) in [5, 5.41) is 30.7. The van der Waals surface area contributed by atoms with E-state index in [-0.39, 0.29) is 23.4 Å². The third-order valence-electron chi connectivity index (χ3n) is 9.24. The summed E-state index contributed by atoms with van der Waals surface area (Å²) in [7, 11) is 0. The van der Waals surface area contributed by atoms with Crippen molar-refractivity contribution in [1.82, 2.24) is 0 Å². The molecule has 3 N–H and O–H groups in total. The van der Waals surface area contributed by atoms with E-state index < -0.39 is 11.6 Å². The van der Waals surface area contributed by atoms with E-state index in [1.165, 1.54) is 0 Å². The van der Waals surface area contributed by atoms with Crippen molar-refractivity contribution in [2.24, 2.45) is 40.4 Å². The summed E-state index contributed by atoms with van der Waals surface area (Å²) >= 11 is 0. The number of carboxylic acid groups (broad SMARTS) is 1. The maximum atomic E-state index is 11.8. The monoisotopic (exact) mass is 350 g/mol. The van der Waals surface area contributed by atoms with Crippen LogP contribution in [0.5, 0.6) is 0 Å². The molecule has 4 rings (SSSR count). The second-order valence-corrected chi connectivity index (χ2v) is 10.3. The topological polar surface area (TPSA) is 77.8 Å². The van der Waals surface area contributed by atoms with Gasteiger partial charge in [-0.15, -0.1) is 0 Å². The number of aliphatic hydroxyl groups is 2. The van der Waals surface area contributed by atoms with Gasteiger partial charge in [0.15, 0.2) is 0 Å². The number of aliphatic carboxylic acids is 1. The van der Waals surface area contributed by atoms with Crippen LogP contribution in [0.25, 0.3) is 0 Å². The molecule has 0 spiro atoms. The molecule has 4 heteroatoms. The van der Waals surface area contributed by atoms with Crippen molar-refractivity contribution in [3.05, 3.63) is 0 Å². The quantitative estimate of drug-likeness (QED) is 0.713. The number of aliphatic hydroxyl groups excluding tert-OH is 1. The van der Waals surface area contributed by atoms with Crippen LogP contribution in [-0.4, -0.2) is 33.5 Å². The third kappa shape index (κ3) is 2.43. The van der Waals surface area contributed by atoms with Crippen LogP contribution in [0.3, 0.4) is 0 Å². The lowest BCUT2D eigenvalue weighted by atomic mass is 9.43. The molecule has 0 radical (unpaired) electrons. The number of rotatable bonds is 2. The molecule has 8 atom stereocenters. The predicted octanol–water partition coefficient (Wildman–Crippen LogP) is 3.45. The van der Waals surface area contributed by atoms with E-state index in [0.29, 0.717) is 23.7 Å². The van der Waals surface area contributed by atoms with Gasteiger partial charge in [-0.25, -0.2) is 0 Å². The molecule has 0 heterocycles. The molecule has 142 valence electrons. The number of carboxylic acids is 1. The van der Waals surface area contributed by atoms with Crippen LogP contribution < -0.4 is 0 Å². The normalized spacial score (nSPS) is 55.1.